The van der Waals surface area contributed by atoms with Gasteiger partial charge < -0.3 is 4.57 Å². The van der Waals surface area contributed by atoms with E-state index in [4.69, 9.17) is 0 Å². The van der Waals surface area contributed by atoms with Gasteiger partial charge in [0.2, 0.25) is 0 Å². The second kappa shape index (κ2) is 6.49. The van der Waals surface area contributed by atoms with E-state index in [1.165, 1.54) is 0 Å². The molecule has 1 N–H and O–H groups in total. The van der Waals surface area contributed by atoms with Crippen LogP contribution in [0.15, 0.2) is 78.3 Å². The maximum atomic E-state index is 11.8. The molecule has 0 aliphatic heterocycles. The minimum Gasteiger partial charge on any atom is -0.323 e. The number of carbonyl (C=O) groups excluding carboxylic acids is 1. The van der Waals surface area contributed by atoms with Crippen LogP contribution in [0.25, 0.3) is 5.69 Å². The van der Waals surface area contributed by atoms with Crippen molar-refractivity contribution >= 4 is 12.1 Å². The summed E-state index contributed by atoms with van der Waals surface area (Å²) in [5.41, 5.74) is 4.75. The summed E-state index contributed by atoms with van der Waals surface area (Å²) in [7, 11) is 0. The second-order valence-corrected chi connectivity index (χ2v) is 4.60. The SMILES string of the molecule is O=C(N/N=C\c1ccn(-c2ccccc2)c1)c1ccccn1. The first-order valence-corrected chi connectivity index (χ1v) is 6.81. The lowest BCUT2D eigenvalue weighted by Crippen LogP contribution is -2.18. The molecule has 0 aliphatic rings. The molecule has 5 heteroatoms. The summed E-state index contributed by atoms with van der Waals surface area (Å²) in [4.78, 5) is 15.7. The van der Waals surface area contributed by atoms with Crippen molar-refractivity contribution in [1.29, 1.82) is 0 Å². The van der Waals surface area contributed by atoms with E-state index in [0.29, 0.717) is 5.69 Å². The number of amides is 1. The number of nitrogens with zero attached hydrogens (tertiary/aromatic N) is 3. The molecule has 108 valence electrons. The number of hydrogen-bond donors (Lipinski definition) is 1. The summed E-state index contributed by atoms with van der Waals surface area (Å²) in [6.45, 7) is 0. The summed E-state index contributed by atoms with van der Waals surface area (Å²) in [6, 6.07) is 17.0. The molecular formula is C17H14N4O. The Labute approximate surface area is 127 Å². The molecule has 2 heterocycles. The van der Waals surface area contributed by atoms with Gasteiger partial charge in [0.05, 0.1) is 6.21 Å². The predicted molar refractivity (Wildman–Crippen MR) is 85.1 cm³/mol. The summed E-state index contributed by atoms with van der Waals surface area (Å²) in [6.07, 6.45) is 7.04. The molecule has 1 aromatic carbocycles. The normalized spacial score (nSPS) is 10.7. The first-order chi connectivity index (χ1) is 10.8. The summed E-state index contributed by atoms with van der Waals surface area (Å²) in [5, 5.41) is 3.95. The monoisotopic (exact) mass is 290 g/mol. The van der Waals surface area contributed by atoms with Crippen molar-refractivity contribution in [3.63, 3.8) is 0 Å². The number of hydrogen-bond acceptors (Lipinski definition) is 3. The van der Waals surface area contributed by atoms with E-state index in [1.807, 2.05) is 53.4 Å². The fourth-order valence-electron chi connectivity index (χ4n) is 1.97. The van der Waals surface area contributed by atoms with E-state index < -0.39 is 0 Å². The maximum absolute atomic E-state index is 11.8. The van der Waals surface area contributed by atoms with Gasteiger partial charge in [0, 0.05) is 29.8 Å². The molecule has 5 nitrogen and oxygen atoms in total. The van der Waals surface area contributed by atoms with Gasteiger partial charge in [-0.15, -0.1) is 0 Å². The number of benzene rings is 1. The predicted octanol–water partition coefficient (Wildman–Crippen LogP) is 2.64. The number of carbonyl (C=O) groups is 1. The van der Waals surface area contributed by atoms with Gasteiger partial charge in [-0.3, -0.25) is 9.78 Å². The average Bonchev–Trinajstić information content (AvgIpc) is 3.05. The van der Waals surface area contributed by atoms with E-state index in [9.17, 15) is 4.79 Å². The van der Waals surface area contributed by atoms with Gasteiger partial charge in [-0.25, -0.2) is 5.43 Å². The van der Waals surface area contributed by atoms with Crippen molar-refractivity contribution in [1.82, 2.24) is 15.0 Å². The third-order valence-electron chi connectivity index (χ3n) is 3.05. The van der Waals surface area contributed by atoms with Crippen LogP contribution in [0.2, 0.25) is 0 Å². The Morgan fingerprint density at radius 2 is 1.91 bits per heavy atom. The standard InChI is InChI=1S/C17H14N4O/c22-17(16-8-4-5-10-18-16)20-19-12-14-9-11-21(13-14)15-6-2-1-3-7-15/h1-13H,(H,20,22)/b19-12-. The summed E-state index contributed by atoms with van der Waals surface area (Å²) in [5.74, 6) is -0.334. The molecule has 0 bridgehead atoms. The third kappa shape index (κ3) is 3.27. The van der Waals surface area contributed by atoms with E-state index in [-0.39, 0.29) is 5.91 Å². The number of hydrazone groups is 1. The molecule has 1 amide bonds. The highest BCUT2D eigenvalue weighted by atomic mass is 16.2. The average molecular weight is 290 g/mol. The van der Waals surface area contributed by atoms with Crippen LogP contribution in [0.5, 0.6) is 0 Å². The van der Waals surface area contributed by atoms with Crippen LogP contribution in [0.4, 0.5) is 0 Å². The fourth-order valence-corrected chi connectivity index (χ4v) is 1.97. The second-order valence-electron chi connectivity index (χ2n) is 4.60. The highest BCUT2D eigenvalue weighted by molar-refractivity contribution is 5.93. The van der Waals surface area contributed by atoms with Gasteiger partial charge in [0.1, 0.15) is 5.69 Å². The van der Waals surface area contributed by atoms with Gasteiger partial charge in [-0.05, 0) is 30.3 Å². The number of rotatable bonds is 4. The van der Waals surface area contributed by atoms with Gasteiger partial charge in [-0.1, -0.05) is 24.3 Å². The molecule has 0 saturated heterocycles. The zero-order chi connectivity index (χ0) is 15.2. The van der Waals surface area contributed by atoms with Crippen LogP contribution in [0, 0.1) is 0 Å². The molecular weight excluding hydrogens is 276 g/mol. The molecule has 0 saturated carbocycles. The van der Waals surface area contributed by atoms with Gasteiger partial charge >= 0.3 is 0 Å². The van der Waals surface area contributed by atoms with E-state index in [1.54, 1.807) is 30.6 Å². The molecule has 0 spiro atoms. The molecule has 0 atom stereocenters. The molecule has 3 aromatic rings. The summed E-state index contributed by atoms with van der Waals surface area (Å²) < 4.78 is 1.99. The quantitative estimate of drug-likeness (QED) is 0.593. The molecule has 0 unspecified atom stereocenters. The molecule has 0 aliphatic carbocycles. The Balaban J connectivity index is 1.64. The minimum atomic E-state index is -0.334. The van der Waals surface area contributed by atoms with Crippen molar-refractivity contribution in [3.05, 3.63) is 84.4 Å². The zero-order valence-corrected chi connectivity index (χ0v) is 11.8. The first kappa shape index (κ1) is 13.8. The van der Waals surface area contributed by atoms with Crippen LogP contribution in [0.1, 0.15) is 16.1 Å². The Morgan fingerprint density at radius 1 is 1.09 bits per heavy atom. The first-order valence-electron chi connectivity index (χ1n) is 6.81. The third-order valence-corrected chi connectivity index (χ3v) is 3.05. The molecule has 0 radical (unpaired) electrons. The topological polar surface area (TPSA) is 59.3 Å². The van der Waals surface area contributed by atoms with Crippen LogP contribution >= 0.6 is 0 Å². The van der Waals surface area contributed by atoms with Crippen LogP contribution in [-0.4, -0.2) is 21.7 Å². The Morgan fingerprint density at radius 3 is 2.68 bits per heavy atom. The molecule has 2 aromatic heterocycles. The Hall–Kier alpha value is -3.21. The van der Waals surface area contributed by atoms with Crippen molar-refractivity contribution in [2.24, 2.45) is 5.10 Å². The number of pyridine rings is 1. The Kier molecular flexibility index (Phi) is 4.06. The maximum Gasteiger partial charge on any atom is 0.289 e. The summed E-state index contributed by atoms with van der Waals surface area (Å²) >= 11 is 0. The fraction of sp³-hybridized carbons (Fsp3) is 0. The van der Waals surface area contributed by atoms with E-state index in [0.717, 1.165) is 11.3 Å². The van der Waals surface area contributed by atoms with E-state index in [2.05, 4.69) is 15.5 Å². The molecule has 0 fully saturated rings. The molecule has 22 heavy (non-hydrogen) atoms. The van der Waals surface area contributed by atoms with Gasteiger partial charge in [-0.2, -0.15) is 5.10 Å². The van der Waals surface area contributed by atoms with Gasteiger partial charge in [0.15, 0.2) is 0 Å². The largest absolute Gasteiger partial charge is 0.323 e. The molecule has 3 rings (SSSR count). The van der Waals surface area contributed by atoms with Gasteiger partial charge in [0.25, 0.3) is 5.91 Å². The van der Waals surface area contributed by atoms with Crippen LogP contribution in [0.3, 0.4) is 0 Å². The van der Waals surface area contributed by atoms with Crippen molar-refractivity contribution in [2.75, 3.05) is 0 Å². The lowest BCUT2D eigenvalue weighted by Gasteiger charge is -2.00. The highest BCUT2D eigenvalue weighted by Crippen LogP contribution is 2.08. The van der Waals surface area contributed by atoms with Crippen LogP contribution < -0.4 is 5.43 Å². The smallest absolute Gasteiger partial charge is 0.289 e. The van der Waals surface area contributed by atoms with Crippen molar-refractivity contribution in [2.45, 2.75) is 0 Å². The van der Waals surface area contributed by atoms with Crippen molar-refractivity contribution in [3.8, 4) is 5.69 Å². The number of para-hydroxylation sites is 1. The van der Waals surface area contributed by atoms with Crippen LogP contribution in [-0.2, 0) is 0 Å². The highest BCUT2D eigenvalue weighted by Gasteiger charge is 2.03. The number of aromatic nitrogens is 2. The lowest BCUT2D eigenvalue weighted by molar-refractivity contribution is 0.0950. The zero-order valence-electron chi connectivity index (χ0n) is 11.8. The van der Waals surface area contributed by atoms with E-state index >= 15 is 0 Å². The minimum absolute atomic E-state index is 0.334. The van der Waals surface area contributed by atoms with Crippen molar-refractivity contribution < 1.29 is 4.79 Å². The Bertz CT molecular complexity index is 779. The number of nitrogens with one attached hydrogen (secondary N) is 1. The lowest BCUT2D eigenvalue weighted by atomic mass is 10.3.